The van der Waals surface area contributed by atoms with Crippen LogP contribution in [-0.2, 0) is 16.1 Å². The summed E-state index contributed by atoms with van der Waals surface area (Å²) in [6.45, 7) is 5.04. The third kappa shape index (κ3) is 2.84. The molecule has 0 unspecified atom stereocenters. The minimum absolute atomic E-state index is 0.0203. The van der Waals surface area contributed by atoms with Crippen molar-refractivity contribution in [2.75, 3.05) is 13.1 Å². The van der Waals surface area contributed by atoms with Crippen molar-refractivity contribution < 1.29 is 9.53 Å². The highest BCUT2D eigenvalue weighted by Crippen LogP contribution is 2.14. The van der Waals surface area contributed by atoms with Crippen molar-refractivity contribution in [2.24, 2.45) is 0 Å². The predicted molar refractivity (Wildman–Crippen MR) is 80.5 cm³/mol. The average molecular weight is 307 g/mol. The van der Waals surface area contributed by atoms with Crippen LogP contribution in [0.4, 0.5) is 0 Å². The molecule has 0 radical (unpaired) electrons. The number of rotatable bonds is 2. The summed E-state index contributed by atoms with van der Waals surface area (Å²) in [5.74, 6) is -0.0736. The maximum Gasteiger partial charge on any atom is 0.262 e. The second-order valence-electron chi connectivity index (χ2n) is 5.37. The van der Waals surface area contributed by atoms with Gasteiger partial charge in [-0.25, -0.2) is 4.98 Å². The summed E-state index contributed by atoms with van der Waals surface area (Å²) in [5, 5.41) is 2.40. The van der Waals surface area contributed by atoms with Gasteiger partial charge in [0.2, 0.25) is 5.91 Å². The van der Waals surface area contributed by atoms with E-state index in [-0.39, 0.29) is 30.2 Å². The lowest BCUT2D eigenvalue weighted by Gasteiger charge is -2.35. The van der Waals surface area contributed by atoms with Gasteiger partial charge in [0.05, 0.1) is 23.9 Å². The van der Waals surface area contributed by atoms with Gasteiger partial charge in [0.25, 0.3) is 5.56 Å². The normalized spacial score (nSPS) is 22.7. The number of nitrogens with zero attached hydrogens (tertiary/aromatic N) is 3. The molecule has 1 aliphatic rings. The Kier molecular flexibility index (Phi) is 3.77. The summed E-state index contributed by atoms with van der Waals surface area (Å²) < 4.78 is 6.99. The van der Waals surface area contributed by atoms with Crippen molar-refractivity contribution in [3.05, 3.63) is 28.1 Å². The van der Waals surface area contributed by atoms with E-state index in [9.17, 15) is 9.59 Å². The van der Waals surface area contributed by atoms with Crippen LogP contribution in [0.2, 0.25) is 0 Å². The summed E-state index contributed by atoms with van der Waals surface area (Å²) in [4.78, 5) is 31.3. The number of ether oxygens (including phenoxy) is 1. The Bertz CT molecular complexity index is 714. The maximum absolute atomic E-state index is 12.4. The van der Waals surface area contributed by atoms with Crippen molar-refractivity contribution in [1.82, 2.24) is 14.5 Å². The lowest BCUT2D eigenvalue weighted by molar-refractivity contribution is -0.143. The van der Waals surface area contributed by atoms with Crippen LogP contribution in [0, 0.1) is 0 Å². The SMILES string of the molecule is C[C@H]1CN(C(=O)Cn2cnc3sccc3c2=O)C[C@H](C)O1. The molecule has 7 heteroatoms. The molecule has 3 heterocycles. The molecule has 2 aromatic rings. The molecule has 2 aromatic heterocycles. The summed E-state index contributed by atoms with van der Waals surface area (Å²) in [7, 11) is 0. The average Bonchev–Trinajstić information content (AvgIpc) is 2.90. The highest BCUT2D eigenvalue weighted by Gasteiger charge is 2.26. The fraction of sp³-hybridized carbons (Fsp3) is 0.500. The van der Waals surface area contributed by atoms with Gasteiger partial charge in [-0.1, -0.05) is 0 Å². The van der Waals surface area contributed by atoms with Crippen molar-refractivity contribution >= 4 is 27.5 Å². The van der Waals surface area contributed by atoms with Crippen molar-refractivity contribution in [3.63, 3.8) is 0 Å². The van der Waals surface area contributed by atoms with Gasteiger partial charge < -0.3 is 9.64 Å². The number of thiophene rings is 1. The molecule has 21 heavy (non-hydrogen) atoms. The molecule has 1 fully saturated rings. The highest BCUT2D eigenvalue weighted by molar-refractivity contribution is 7.16. The van der Waals surface area contributed by atoms with Crippen LogP contribution in [0.3, 0.4) is 0 Å². The number of hydrogen-bond donors (Lipinski definition) is 0. The molecular formula is C14H17N3O3S. The second-order valence-corrected chi connectivity index (χ2v) is 6.27. The van der Waals surface area contributed by atoms with Gasteiger partial charge in [-0.3, -0.25) is 14.2 Å². The van der Waals surface area contributed by atoms with Gasteiger partial charge in [-0.05, 0) is 25.3 Å². The van der Waals surface area contributed by atoms with Crippen LogP contribution < -0.4 is 5.56 Å². The number of carbonyl (C=O) groups excluding carboxylic acids is 1. The molecular weight excluding hydrogens is 290 g/mol. The molecule has 3 rings (SSSR count). The largest absolute Gasteiger partial charge is 0.372 e. The zero-order valence-electron chi connectivity index (χ0n) is 12.0. The first-order chi connectivity index (χ1) is 10.0. The lowest BCUT2D eigenvalue weighted by atomic mass is 10.2. The number of fused-ring (bicyclic) bond motifs is 1. The molecule has 0 aromatic carbocycles. The van der Waals surface area contributed by atoms with Gasteiger partial charge in [-0.2, -0.15) is 0 Å². The molecule has 0 aliphatic carbocycles. The van der Waals surface area contributed by atoms with Crippen molar-refractivity contribution in [3.8, 4) is 0 Å². The minimum atomic E-state index is -0.163. The van der Waals surface area contributed by atoms with Crippen LogP contribution in [-0.4, -0.2) is 45.7 Å². The van der Waals surface area contributed by atoms with Crippen LogP contribution in [0.25, 0.3) is 10.2 Å². The zero-order valence-corrected chi connectivity index (χ0v) is 12.8. The Morgan fingerprint density at radius 1 is 1.43 bits per heavy atom. The van der Waals surface area contributed by atoms with E-state index in [4.69, 9.17) is 4.74 Å². The molecule has 0 saturated carbocycles. The first kappa shape index (κ1) is 14.2. The molecule has 0 spiro atoms. The Morgan fingerprint density at radius 2 is 2.14 bits per heavy atom. The topological polar surface area (TPSA) is 64.4 Å². The minimum Gasteiger partial charge on any atom is -0.372 e. The standard InChI is InChI=1S/C14H17N3O3S/c1-9-5-16(6-10(2)20-9)12(18)7-17-8-15-13-11(14(17)19)3-4-21-13/h3-4,8-10H,5-7H2,1-2H3/t9-,10-/m0/s1. The van der Waals surface area contributed by atoms with Crippen LogP contribution >= 0.6 is 11.3 Å². The number of morpholine rings is 1. The zero-order chi connectivity index (χ0) is 15.0. The predicted octanol–water partition coefficient (Wildman–Crippen LogP) is 1.09. The quantitative estimate of drug-likeness (QED) is 0.833. The summed E-state index contributed by atoms with van der Waals surface area (Å²) in [6.07, 6.45) is 1.49. The van der Waals surface area contributed by atoms with Gasteiger partial charge in [0, 0.05) is 13.1 Å². The van der Waals surface area contributed by atoms with Gasteiger partial charge in [-0.15, -0.1) is 11.3 Å². The molecule has 0 N–H and O–H groups in total. The molecule has 1 saturated heterocycles. The van der Waals surface area contributed by atoms with Crippen LogP contribution in [0.1, 0.15) is 13.8 Å². The third-order valence-corrected chi connectivity index (χ3v) is 4.35. The number of amides is 1. The first-order valence-corrected chi connectivity index (χ1v) is 7.78. The first-order valence-electron chi connectivity index (χ1n) is 6.90. The smallest absolute Gasteiger partial charge is 0.262 e. The van der Waals surface area contributed by atoms with E-state index in [0.29, 0.717) is 23.3 Å². The van der Waals surface area contributed by atoms with E-state index >= 15 is 0 Å². The van der Waals surface area contributed by atoms with Crippen molar-refractivity contribution in [1.29, 1.82) is 0 Å². The van der Waals surface area contributed by atoms with E-state index in [1.807, 2.05) is 19.2 Å². The van der Waals surface area contributed by atoms with Crippen molar-refractivity contribution in [2.45, 2.75) is 32.6 Å². The summed E-state index contributed by atoms with van der Waals surface area (Å²) in [5.41, 5.74) is -0.163. The van der Waals surface area contributed by atoms with E-state index in [1.54, 1.807) is 11.0 Å². The maximum atomic E-state index is 12.4. The number of aromatic nitrogens is 2. The van der Waals surface area contributed by atoms with E-state index in [0.717, 1.165) is 0 Å². The lowest BCUT2D eigenvalue weighted by Crippen LogP contribution is -2.49. The second kappa shape index (κ2) is 5.57. The van der Waals surface area contributed by atoms with Gasteiger partial charge in [0.1, 0.15) is 11.4 Å². The van der Waals surface area contributed by atoms with E-state index < -0.39 is 0 Å². The van der Waals surface area contributed by atoms with Crippen LogP contribution in [0.5, 0.6) is 0 Å². The molecule has 1 aliphatic heterocycles. The summed E-state index contributed by atoms with van der Waals surface area (Å²) >= 11 is 1.42. The highest BCUT2D eigenvalue weighted by atomic mass is 32.1. The van der Waals surface area contributed by atoms with E-state index in [2.05, 4.69) is 4.98 Å². The van der Waals surface area contributed by atoms with E-state index in [1.165, 1.54) is 22.2 Å². The summed E-state index contributed by atoms with van der Waals surface area (Å²) in [6, 6.07) is 1.75. The Balaban J connectivity index is 1.80. The molecule has 112 valence electrons. The fourth-order valence-corrected chi connectivity index (χ4v) is 3.36. The third-order valence-electron chi connectivity index (χ3n) is 3.53. The van der Waals surface area contributed by atoms with Gasteiger partial charge in [0.15, 0.2) is 0 Å². The fourth-order valence-electron chi connectivity index (χ4n) is 2.63. The molecule has 6 nitrogen and oxygen atoms in total. The number of carbonyl (C=O) groups is 1. The van der Waals surface area contributed by atoms with Crippen LogP contribution in [0.15, 0.2) is 22.6 Å². The Hall–Kier alpha value is -1.73. The monoisotopic (exact) mass is 307 g/mol. The molecule has 0 bridgehead atoms. The number of hydrogen-bond acceptors (Lipinski definition) is 5. The molecule has 1 amide bonds. The molecule has 2 atom stereocenters. The van der Waals surface area contributed by atoms with Gasteiger partial charge >= 0.3 is 0 Å². The Morgan fingerprint density at radius 3 is 2.86 bits per heavy atom. The Labute approximate surface area is 126 Å².